The minimum absolute atomic E-state index is 0.0469. The van der Waals surface area contributed by atoms with E-state index in [-0.39, 0.29) is 5.60 Å². The number of hydrogen-bond acceptors (Lipinski definition) is 1. The van der Waals surface area contributed by atoms with Gasteiger partial charge in [-0.25, -0.2) is 0 Å². The molecule has 0 heterocycles. The topological polar surface area (TPSA) is 9.23 Å². The molecule has 0 spiro atoms. The lowest BCUT2D eigenvalue weighted by Gasteiger charge is -2.32. The van der Waals surface area contributed by atoms with E-state index in [1.54, 1.807) is 0 Å². The summed E-state index contributed by atoms with van der Waals surface area (Å²) in [5, 5.41) is 0. The first-order valence-corrected chi connectivity index (χ1v) is 5.15. The Labute approximate surface area is 76.5 Å². The molecule has 1 nitrogen and oxygen atoms in total. The van der Waals surface area contributed by atoms with E-state index >= 15 is 0 Å². The molecule has 0 aliphatic heterocycles. The summed E-state index contributed by atoms with van der Waals surface area (Å²) in [4.78, 5) is 0. The van der Waals surface area contributed by atoms with E-state index in [4.69, 9.17) is 4.74 Å². The first kappa shape index (κ1) is 10.0. The largest absolute Gasteiger partial charge is 0.373 e. The summed E-state index contributed by atoms with van der Waals surface area (Å²) in [6, 6.07) is 0. The lowest BCUT2D eigenvalue weighted by atomic mass is 9.88. The molecule has 0 amide bonds. The van der Waals surface area contributed by atoms with Crippen LogP contribution in [0.25, 0.3) is 0 Å². The fourth-order valence-electron chi connectivity index (χ4n) is 1.85. The molecule has 0 aromatic heterocycles. The van der Waals surface area contributed by atoms with Gasteiger partial charge in [0.25, 0.3) is 0 Å². The van der Waals surface area contributed by atoms with Gasteiger partial charge in [-0.1, -0.05) is 6.92 Å². The van der Waals surface area contributed by atoms with Crippen LogP contribution in [0, 0.1) is 5.92 Å². The fourth-order valence-corrected chi connectivity index (χ4v) is 1.85. The molecule has 1 rings (SSSR count). The molecule has 1 fully saturated rings. The van der Waals surface area contributed by atoms with E-state index < -0.39 is 0 Å². The minimum Gasteiger partial charge on any atom is -0.373 e. The van der Waals surface area contributed by atoms with E-state index in [1.165, 1.54) is 25.7 Å². The van der Waals surface area contributed by atoms with Gasteiger partial charge < -0.3 is 4.74 Å². The monoisotopic (exact) mass is 170 g/mol. The second-order valence-electron chi connectivity index (χ2n) is 5.11. The summed E-state index contributed by atoms with van der Waals surface area (Å²) in [7, 11) is 0. The van der Waals surface area contributed by atoms with E-state index in [2.05, 4.69) is 27.7 Å². The van der Waals surface area contributed by atoms with E-state index in [1.807, 2.05) is 0 Å². The van der Waals surface area contributed by atoms with Crippen molar-refractivity contribution in [3.63, 3.8) is 0 Å². The van der Waals surface area contributed by atoms with Gasteiger partial charge in [0.15, 0.2) is 0 Å². The Morgan fingerprint density at radius 3 is 1.92 bits per heavy atom. The standard InChI is InChI=1S/C11H22O/c1-9-5-7-10(8-6-9)12-11(2,3)4/h9-10H,5-8H2,1-4H3. The number of hydrogen-bond donors (Lipinski definition) is 0. The van der Waals surface area contributed by atoms with Crippen molar-refractivity contribution in [2.45, 2.75) is 65.1 Å². The summed E-state index contributed by atoms with van der Waals surface area (Å²) in [5.41, 5.74) is 0.0469. The van der Waals surface area contributed by atoms with Gasteiger partial charge >= 0.3 is 0 Å². The summed E-state index contributed by atoms with van der Waals surface area (Å²) < 4.78 is 5.93. The maximum Gasteiger partial charge on any atom is 0.0602 e. The summed E-state index contributed by atoms with van der Waals surface area (Å²) in [5.74, 6) is 0.921. The maximum atomic E-state index is 5.93. The third-order valence-corrected chi connectivity index (χ3v) is 2.48. The summed E-state index contributed by atoms with van der Waals surface area (Å²) in [6.45, 7) is 8.77. The molecule has 1 aliphatic rings. The third-order valence-electron chi connectivity index (χ3n) is 2.48. The molecular weight excluding hydrogens is 148 g/mol. The van der Waals surface area contributed by atoms with Gasteiger partial charge in [-0.15, -0.1) is 0 Å². The first-order chi connectivity index (χ1) is 5.47. The molecule has 0 N–H and O–H groups in total. The predicted octanol–water partition coefficient (Wildman–Crippen LogP) is 3.38. The zero-order valence-corrected chi connectivity index (χ0v) is 8.89. The minimum atomic E-state index is 0.0469. The Hall–Kier alpha value is -0.0400. The Morgan fingerprint density at radius 1 is 1.00 bits per heavy atom. The van der Waals surface area contributed by atoms with Crippen LogP contribution in [-0.2, 0) is 4.74 Å². The van der Waals surface area contributed by atoms with Gasteiger partial charge in [0.2, 0.25) is 0 Å². The first-order valence-electron chi connectivity index (χ1n) is 5.15. The highest BCUT2D eigenvalue weighted by Gasteiger charge is 2.23. The smallest absolute Gasteiger partial charge is 0.0602 e. The van der Waals surface area contributed by atoms with Crippen molar-refractivity contribution in [1.29, 1.82) is 0 Å². The molecule has 0 radical (unpaired) electrons. The van der Waals surface area contributed by atoms with Crippen molar-refractivity contribution >= 4 is 0 Å². The lowest BCUT2D eigenvalue weighted by molar-refractivity contribution is -0.0774. The van der Waals surface area contributed by atoms with Gasteiger partial charge in [0.1, 0.15) is 0 Å². The number of ether oxygens (including phenoxy) is 1. The lowest BCUT2D eigenvalue weighted by Crippen LogP contribution is -2.30. The predicted molar refractivity (Wildman–Crippen MR) is 52.3 cm³/mol. The molecule has 72 valence electrons. The Morgan fingerprint density at radius 2 is 1.50 bits per heavy atom. The van der Waals surface area contributed by atoms with Crippen LogP contribution in [0.1, 0.15) is 53.4 Å². The van der Waals surface area contributed by atoms with Gasteiger partial charge in [0.05, 0.1) is 11.7 Å². The van der Waals surface area contributed by atoms with E-state index in [0.717, 1.165) is 5.92 Å². The van der Waals surface area contributed by atoms with E-state index in [9.17, 15) is 0 Å². The molecule has 0 aromatic rings. The van der Waals surface area contributed by atoms with Crippen LogP contribution in [0.5, 0.6) is 0 Å². The van der Waals surface area contributed by atoms with Crippen LogP contribution < -0.4 is 0 Å². The highest BCUT2D eigenvalue weighted by molar-refractivity contribution is 4.73. The quantitative estimate of drug-likeness (QED) is 0.586. The van der Waals surface area contributed by atoms with Gasteiger partial charge in [0, 0.05) is 0 Å². The average Bonchev–Trinajstić information content (AvgIpc) is 1.91. The molecular formula is C11H22O. The molecule has 12 heavy (non-hydrogen) atoms. The molecule has 0 aromatic carbocycles. The molecule has 0 bridgehead atoms. The van der Waals surface area contributed by atoms with Crippen LogP contribution in [0.4, 0.5) is 0 Å². The van der Waals surface area contributed by atoms with Crippen molar-refractivity contribution in [3.8, 4) is 0 Å². The van der Waals surface area contributed by atoms with Crippen molar-refractivity contribution < 1.29 is 4.74 Å². The molecule has 1 aliphatic carbocycles. The third kappa shape index (κ3) is 3.57. The van der Waals surface area contributed by atoms with Crippen LogP contribution in [0.15, 0.2) is 0 Å². The highest BCUT2D eigenvalue weighted by atomic mass is 16.5. The van der Waals surface area contributed by atoms with Crippen molar-refractivity contribution in [2.24, 2.45) is 5.92 Å². The second kappa shape index (κ2) is 3.78. The van der Waals surface area contributed by atoms with Crippen LogP contribution in [0.2, 0.25) is 0 Å². The van der Waals surface area contributed by atoms with Crippen LogP contribution in [-0.4, -0.2) is 11.7 Å². The zero-order valence-electron chi connectivity index (χ0n) is 8.89. The van der Waals surface area contributed by atoms with Gasteiger partial charge in [-0.3, -0.25) is 0 Å². The molecule has 1 heteroatoms. The van der Waals surface area contributed by atoms with Crippen molar-refractivity contribution in [3.05, 3.63) is 0 Å². The number of rotatable bonds is 1. The summed E-state index contributed by atoms with van der Waals surface area (Å²) in [6.07, 6.45) is 5.75. The molecule has 0 unspecified atom stereocenters. The van der Waals surface area contributed by atoms with Gasteiger partial charge in [-0.2, -0.15) is 0 Å². The van der Waals surface area contributed by atoms with Gasteiger partial charge in [-0.05, 0) is 52.4 Å². The Balaban J connectivity index is 2.26. The zero-order chi connectivity index (χ0) is 9.19. The highest BCUT2D eigenvalue weighted by Crippen LogP contribution is 2.28. The van der Waals surface area contributed by atoms with Crippen LogP contribution >= 0.6 is 0 Å². The average molecular weight is 170 g/mol. The SMILES string of the molecule is CC1CCC(OC(C)(C)C)CC1. The van der Waals surface area contributed by atoms with E-state index in [0.29, 0.717) is 6.10 Å². The van der Waals surface area contributed by atoms with Crippen molar-refractivity contribution in [2.75, 3.05) is 0 Å². The summed E-state index contributed by atoms with van der Waals surface area (Å²) >= 11 is 0. The fraction of sp³-hybridized carbons (Fsp3) is 1.00. The van der Waals surface area contributed by atoms with Crippen molar-refractivity contribution in [1.82, 2.24) is 0 Å². The Kier molecular flexibility index (Phi) is 3.16. The Bertz CT molecular complexity index is 126. The van der Waals surface area contributed by atoms with Crippen LogP contribution in [0.3, 0.4) is 0 Å². The second-order valence-corrected chi connectivity index (χ2v) is 5.11. The normalized spacial score (nSPS) is 32.0. The maximum absolute atomic E-state index is 5.93. The molecule has 0 atom stereocenters. The molecule has 0 saturated heterocycles. The molecule has 1 saturated carbocycles.